The Kier molecular flexibility index (Phi) is 12.2. The lowest BCUT2D eigenvalue weighted by molar-refractivity contribution is -0.143. The molecule has 0 saturated heterocycles. The zero-order valence-electron chi connectivity index (χ0n) is 20.5. The van der Waals surface area contributed by atoms with Crippen LogP contribution in [0, 0.1) is 5.92 Å². The van der Waals surface area contributed by atoms with Gasteiger partial charge in [-0.1, -0.05) is 83.4 Å². The second kappa shape index (κ2) is 14.9. The van der Waals surface area contributed by atoms with Crippen molar-refractivity contribution in [2.45, 2.75) is 104 Å². The Morgan fingerprint density at radius 3 is 2.25 bits per heavy atom. The van der Waals surface area contributed by atoms with Gasteiger partial charge in [-0.3, -0.25) is 9.59 Å². The van der Waals surface area contributed by atoms with Crippen LogP contribution >= 0.6 is 0 Å². The summed E-state index contributed by atoms with van der Waals surface area (Å²) in [6.07, 6.45) is 14.9. The molecular weight excluding hydrogens is 398 g/mol. The third-order valence-electron chi connectivity index (χ3n) is 6.37. The Balaban J connectivity index is 1.91. The Hall–Kier alpha value is -2.10. The number of esters is 1. The van der Waals surface area contributed by atoms with Crippen LogP contribution in [0.5, 0.6) is 0 Å². The van der Waals surface area contributed by atoms with Crippen LogP contribution in [0.4, 0.5) is 0 Å². The molecule has 0 atom stereocenters. The van der Waals surface area contributed by atoms with Crippen LogP contribution in [0.2, 0.25) is 0 Å². The molecule has 0 aliphatic rings. The average Bonchev–Trinajstić information content (AvgIpc) is 3.17. The van der Waals surface area contributed by atoms with E-state index in [0.29, 0.717) is 32.4 Å². The molecule has 0 unspecified atom stereocenters. The molecule has 0 N–H and O–H groups in total. The summed E-state index contributed by atoms with van der Waals surface area (Å²) in [7, 11) is 0. The van der Waals surface area contributed by atoms with Gasteiger partial charge in [0.15, 0.2) is 5.78 Å². The molecule has 0 amide bonds. The highest BCUT2D eigenvalue weighted by Crippen LogP contribution is 2.26. The Bertz CT molecular complexity index is 815. The highest BCUT2D eigenvalue weighted by molar-refractivity contribution is 6.08. The number of aryl methyl sites for hydroxylation is 1. The number of hydrogen-bond acceptors (Lipinski definition) is 3. The highest BCUT2D eigenvalue weighted by atomic mass is 16.5. The van der Waals surface area contributed by atoms with Crippen LogP contribution in [0.1, 0.15) is 108 Å². The van der Waals surface area contributed by atoms with E-state index in [1.54, 1.807) is 0 Å². The fourth-order valence-electron chi connectivity index (χ4n) is 4.55. The number of benzene rings is 1. The topological polar surface area (TPSA) is 48.3 Å². The molecule has 1 aromatic heterocycles. The van der Waals surface area contributed by atoms with Crippen LogP contribution in [0.3, 0.4) is 0 Å². The van der Waals surface area contributed by atoms with E-state index in [4.69, 9.17) is 4.74 Å². The van der Waals surface area contributed by atoms with E-state index in [-0.39, 0.29) is 11.8 Å². The molecule has 32 heavy (non-hydrogen) atoms. The summed E-state index contributed by atoms with van der Waals surface area (Å²) in [4.78, 5) is 24.7. The van der Waals surface area contributed by atoms with Gasteiger partial charge < -0.3 is 9.30 Å². The van der Waals surface area contributed by atoms with E-state index in [9.17, 15) is 9.59 Å². The number of hydrogen-bond donors (Lipinski definition) is 0. The van der Waals surface area contributed by atoms with Gasteiger partial charge in [-0.15, -0.1) is 0 Å². The van der Waals surface area contributed by atoms with Gasteiger partial charge in [-0.25, -0.2) is 0 Å². The van der Waals surface area contributed by atoms with Gasteiger partial charge in [0.1, 0.15) is 0 Å². The maximum Gasteiger partial charge on any atom is 0.305 e. The van der Waals surface area contributed by atoms with E-state index in [0.717, 1.165) is 35.2 Å². The van der Waals surface area contributed by atoms with Crippen molar-refractivity contribution in [2.75, 3.05) is 6.61 Å². The summed E-state index contributed by atoms with van der Waals surface area (Å²) in [5, 5.41) is 1.03. The predicted octanol–water partition coefficient (Wildman–Crippen LogP) is 7.72. The average molecular weight is 442 g/mol. The van der Waals surface area contributed by atoms with Crippen molar-refractivity contribution in [3.8, 4) is 0 Å². The van der Waals surface area contributed by atoms with Gasteiger partial charge >= 0.3 is 5.97 Å². The molecule has 0 aliphatic heterocycles. The molecule has 0 bridgehead atoms. The van der Waals surface area contributed by atoms with Crippen molar-refractivity contribution in [3.63, 3.8) is 0 Å². The largest absolute Gasteiger partial charge is 0.466 e. The lowest BCUT2D eigenvalue weighted by Gasteiger charge is -2.16. The molecule has 0 fully saturated rings. The molecular formula is C28H43NO3. The number of carbonyl (C=O) groups is 2. The fourth-order valence-corrected chi connectivity index (χ4v) is 4.55. The van der Waals surface area contributed by atoms with Crippen molar-refractivity contribution in [1.29, 1.82) is 0 Å². The van der Waals surface area contributed by atoms with Crippen molar-refractivity contribution in [2.24, 2.45) is 5.92 Å². The number of unbranched alkanes of at least 4 members (excludes halogenated alkanes) is 3. The minimum absolute atomic E-state index is 0.156. The van der Waals surface area contributed by atoms with Crippen LogP contribution in [0.25, 0.3) is 10.9 Å². The summed E-state index contributed by atoms with van der Waals surface area (Å²) in [5.74, 6) is 0.909. The predicted molar refractivity (Wildman–Crippen MR) is 133 cm³/mol. The number of nitrogens with zero attached hydrogens (tertiary/aromatic N) is 1. The first-order valence-electron chi connectivity index (χ1n) is 12.9. The normalized spacial score (nSPS) is 11.4. The second-order valence-corrected chi connectivity index (χ2v) is 8.98. The van der Waals surface area contributed by atoms with Gasteiger partial charge in [0.2, 0.25) is 0 Å². The number of rotatable bonds is 17. The van der Waals surface area contributed by atoms with E-state index >= 15 is 0 Å². The summed E-state index contributed by atoms with van der Waals surface area (Å²) in [6.45, 7) is 7.49. The molecule has 0 radical (unpaired) electrons. The van der Waals surface area contributed by atoms with E-state index < -0.39 is 0 Å². The molecule has 0 spiro atoms. The molecule has 2 aromatic rings. The standard InChI is InChI=1S/C28H43NO3/c1-4-7-14-23(15-8-5-2)16-9-12-19-27(30)25-22-29(21-13-20-28(31)32-6-3)26-18-11-10-17-24(25)26/h10-11,17-18,22-23H,4-9,12-16,19-21H2,1-3H3. The smallest absolute Gasteiger partial charge is 0.305 e. The SMILES string of the molecule is CCCCC(CCCC)CCCCC(=O)c1cn(CCCC(=O)OCC)c2ccccc12. The third kappa shape index (κ3) is 8.44. The summed E-state index contributed by atoms with van der Waals surface area (Å²) in [5.41, 5.74) is 1.89. The van der Waals surface area contributed by atoms with Gasteiger partial charge in [-0.2, -0.15) is 0 Å². The maximum absolute atomic E-state index is 13.0. The zero-order valence-corrected chi connectivity index (χ0v) is 20.5. The number of carbonyl (C=O) groups excluding carboxylic acids is 2. The van der Waals surface area contributed by atoms with Gasteiger partial charge in [-0.05, 0) is 31.7 Å². The first kappa shape index (κ1) is 26.2. The van der Waals surface area contributed by atoms with E-state index in [1.807, 2.05) is 31.3 Å². The van der Waals surface area contributed by atoms with Gasteiger partial charge in [0.05, 0.1) is 6.61 Å². The van der Waals surface area contributed by atoms with E-state index in [2.05, 4.69) is 24.5 Å². The first-order valence-corrected chi connectivity index (χ1v) is 12.9. The minimum Gasteiger partial charge on any atom is -0.466 e. The molecule has 0 saturated carbocycles. The van der Waals surface area contributed by atoms with Gasteiger partial charge in [0.25, 0.3) is 0 Å². The summed E-state index contributed by atoms with van der Waals surface area (Å²) < 4.78 is 7.14. The molecule has 1 aromatic carbocycles. The molecule has 178 valence electrons. The van der Waals surface area contributed by atoms with Crippen LogP contribution in [-0.4, -0.2) is 22.9 Å². The van der Waals surface area contributed by atoms with Crippen LogP contribution < -0.4 is 0 Å². The molecule has 0 aliphatic carbocycles. The van der Waals surface area contributed by atoms with Crippen molar-refractivity contribution < 1.29 is 14.3 Å². The Morgan fingerprint density at radius 1 is 0.875 bits per heavy atom. The number of para-hydroxylation sites is 1. The number of aromatic nitrogens is 1. The summed E-state index contributed by atoms with van der Waals surface area (Å²) in [6, 6.07) is 8.10. The molecule has 4 heteroatoms. The second-order valence-electron chi connectivity index (χ2n) is 8.98. The number of ketones is 1. The van der Waals surface area contributed by atoms with Crippen molar-refractivity contribution in [3.05, 3.63) is 36.0 Å². The quantitative estimate of drug-likeness (QED) is 0.143. The zero-order chi connectivity index (χ0) is 23.2. The number of ether oxygens (including phenoxy) is 1. The van der Waals surface area contributed by atoms with Crippen molar-refractivity contribution in [1.82, 2.24) is 4.57 Å². The van der Waals surface area contributed by atoms with Crippen LogP contribution in [-0.2, 0) is 16.1 Å². The Morgan fingerprint density at radius 2 is 1.56 bits per heavy atom. The fraction of sp³-hybridized carbons (Fsp3) is 0.643. The minimum atomic E-state index is -0.156. The van der Waals surface area contributed by atoms with Crippen molar-refractivity contribution >= 4 is 22.7 Å². The molecule has 4 nitrogen and oxygen atoms in total. The Labute approximate surface area is 194 Å². The highest BCUT2D eigenvalue weighted by Gasteiger charge is 2.15. The number of Topliss-reactive ketones (excluding diaryl/α,β-unsaturated/α-hetero) is 1. The lowest BCUT2D eigenvalue weighted by atomic mass is 9.90. The lowest BCUT2D eigenvalue weighted by Crippen LogP contribution is -2.06. The first-order chi connectivity index (χ1) is 15.6. The van der Waals surface area contributed by atoms with Crippen LogP contribution in [0.15, 0.2) is 30.5 Å². The third-order valence-corrected chi connectivity index (χ3v) is 6.37. The van der Waals surface area contributed by atoms with E-state index in [1.165, 1.54) is 44.9 Å². The van der Waals surface area contributed by atoms with Gasteiger partial charge in [0, 0.05) is 42.0 Å². The number of fused-ring (bicyclic) bond motifs is 1. The maximum atomic E-state index is 13.0. The molecule has 1 heterocycles. The summed E-state index contributed by atoms with van der Waals surface area (Å²) >= 11 is 0. The monoisotopic (exact) mass is 441 g/mol. The molecule has 2 rings (SSSR count).